The van der Waals surface area contributed by atoms with Gasteiger partial charge in [-0.2, -0.15) is 16.4 Å². The molecule has 106 valence electrons. The summed E-state index contributed by atoms with van der Waals surface area (Å²) in [5.41, 5.74) is 7.87. The first-order valence-corrected chi connectivity index (χ1v) is 7.50. The lowest BCUT2D eigenvalue weighted by molar-refractivity contribution is 0.0624. The fraction of sp³-hybridized carbons (Fsp3) is 0.385. The second kappa shape index (κ2) is 5.64. The fourth-order valence-corrected chi connectivity index (χ4v) is 3.03. The molecule has 0 radical (unpaired) electrons. The van der Waals surface area contributed by atoms with Gasteiger partial charge in [-0.15, -0.1) is 0 Å². The number of nitrogen functional groups attached to an aromatic ring is 1. The van der Waals surface area contributed by atoms with E-state index in [4.69, 9.17) is 5.73 Å². The number of rotatable bonds is 3. The minimum Gasteiger partial charge on any atom is -0.396 e. The molecule has 3 rings (SSSR count). The third-order valence-electron chi connectivity index (χ3n) is 3.53. The smallest absolute Gasteiger partial charge is 0.274 e. The lowest BCUT2D eigenvalue weighted by atomic mass is 10.2. The van der Waals surface area contributed by atoms with E-state index in [0.717, 1.165) is 32.7 Å². The summed E-state index contributed by atoms with van der Waals surface area (Å²) in [4.78, 5) is 16.5. The molecule has 6 nitrogen and oxygen atoms in total. The van der Waals surface area contributed by atoms with Crippen LogP contribution in [0.25, 0.3) is 0 Å². The van der Waals surface area contributed by atoms with Crippen molar-refractivity contribution >= 4 is 22.9 Å². The Kier molecular flexibility index (Phi) is 3.70. The summed E-state index contributed by atoms with van der Waals surface area (Å²) < 4.78 is 0. The molecule has 2 aromatic heterocycles. The van der Waals surface area contributed by atoms with Gasteiger partial charge < -0.3 is 10.6 Å². The zero-order chi connectivity index (χ0) is 13.9. The molecule has 1 aliphatic rings. The van der Waals surface area contributed by atoms with Crippen molar-refractivity contribution in [1.82, 2.24) is 20.0 Å². The van der Waals surface area contributed by atoms with Gasteiger partial charge in [-0.1, -0.05) is 0 Å². The van der Waals surface area contributed by atoms with Gasteiger partial charge in [-0.05, 0) is 22.4 Å². The van der Waals surface area contributed by atoms with Gasteiger partial charge in [0.1, 0.15) is 5.69 Å². The third kappa shape index (κ3) is 2.68. The highest BCUT2D eigenvalue weighted by atomic mass is 32.1. The predicted molar refractivity (Wildman–Crippen MR) is 78.5 cm³/mol. The van der Waals surface area contributed by atoms with Crippen molar-refractivity contribution in [2.24, 2.45) is 0 Å². The van der Waals surface area contributed by atoms with Crippen LogP contribution in [0, 0.1) is 0 Å². The molecule has 0 aromatic carbocycles. The molecule has 0 saturated carbocycles. The maximum absolute atomic E-state index is 12.3. The molecule has 0 bridgehead atoms. The van der Waals surface area contributed by atoms with E-state index in [9.17, 15) is 4.79 Å². The Morgan fingerprint density at radius 3 is 2.80 bits per heavy atom. The Hall–Kier alpha value is -1.86. The molecule has 1 fully saturated rings. The Morgan fingerprint density at radius 1 is 1.40 bits per heavy atom. The van der Waals surface area contributed by atoms with Gasteiger partial charge in [0.15, 0.2) is 0 Å². The van der Waals surface area contributed by atoms with E-state index in [0.29, 0.717) is 11.4 Å². The van der Waals surface area contributed by atoms with Gasteiger partial charge in [-0.3, -0.25) is 14.8 Å². The summed E-state index contributed by atoms with van der Waals surface area (Å²) in [6, 6.07) is 2.15. The molecule has 0 unspecified atom stereocenters. The van der Waals surface area contributed by atoms with Gasteiger partial charge in [-0.25, -0.2) is 0 Å². The average molecular weight is 291 g/mol. The number of aromatic nitrogens is 2. The summed E-state index contributed by atoms with van der Waals surface area (Å²) in [7, 11) is 0. The fourth-order valence-electron chi connectivity index (χ4n) is 2.37. The molecule has 3 N–H and O–H groups in total. The van der Waals surface area contributed by atoms with Crippen LogP contribution in [0.2, 0.25) is 0 Å². The summed E-state index contributed by atoms with van der Waals surface area (Å²) in [5.74, 6) is -0.0600. The highest BCUT2D eigenvalue weighted by Gasteiger charge is 2.24. The normalized spacial score (nSPS) is 16.5. The van der Waals surface area contributed by atoms with Crippen LogP contribution in [0.15, 0.2) is 23.0 Å². The SMILES string of the molecule is Nc1cn[nH]c1C(=O)N1CCN(Cc2ccsc2)CC1. The molecule has 1 aliphatic heterocycles. The van der Waals surface area contributed by atoms with Crippen LogP contribution < -0.4 is 5.73 Å². The largest absolute Gasteiger partial charge is 0.396 e. The van der Waals surface area contributed by atoms with Crippen molar-refractivity contribution in [2.75, 3.05) is 31.9 Å². The number of nitrogens with zero attached hydrogens (tertiary/aromatic N) is 3. The topological polar surface area (TPSA) is 78.2 Å². The first kappa shape index (κ1) is 13.1. The second-order valence-corrected chi connectivity index (χ2v) is 5.68. The molecule has 2 aromatic rings. The summed E-state index contributed by atoms with van der Waals surface area (Å²) in [5, 5.41) is 10.7. The third-order valence-corrected chi connectivity index (χ3v) is 4.26. The van der Waals surface area contributed by atoms with Gasteiger partial charge in [0.2, 0.25) is 0 Å². The Morgan fingerprint density at radius 2 is 2.20 bits per heavy atom. The first-order chi connectivity index (χ1) is 9.74. The van der Waals surface area contributed by atoms with Crippen LogP contribution in [0.1, 0.15) is 16.1 Å². The summed E-state index contributed by atoms with van der Waals surface area (Å²) in [6.07, 6.45) is 1.47. The number of nitrogens with one attached hydrogen (secondary N) is 1. The zero-order valence-corrected chi connectivity index (χ0v) is 11.9. The van der Waals surface area contributed by atoms with Crippen LogP contribution in [0.5, 0.6) is 0 Å². The van der Waals surface area contributed by atoms with Gasteiger partial charge in [0, 0.05) is 32.7 Å². The number of hydrogen-bond donors (Lipinski definition) is 2. The number of amides is 1. The summed E-state index contributed by atoms with van der Waals surface area (Å²) >= 11 is 1.72. The van der Waals surface area contributed by atoms with Crippen LogP contribution in [-0.2, 0) is 6.54 Å². The maximum atomic E-state index is 12.3. The van der Waals surface area contributed by atoms with E-state index >= 15 is 0 Å². The van der Waals surface area contributed by atoms with Crippen LogP contribution >= 0.6 is 11.3 Å². The highest BCUT2D eigenvalue weighted by Crippen LogP contribution is 2.14. The predicted octanol–water partition coefficient (Wildman–Crippen LogP) is 1.01. The molecular formula is C13H17N5OS. The monoisotopic (exact) mass is 291 g/mol. The number of aromatic amines is 1. The van der Waals surface area contributed by atoms with E-state index in [-0.39, 0.29) is 5.91 Å². The lowest BCUT2D eigenvalue weighted by Gasteiger charge is -2.34. The quantitative estimate of drug-likeness (QED) is 0.884. The average Bonchev–Trinajstić information content (AvgIpc) is 3.10. The van der Waals surface area contributed by atoms with Gasteiger partial charge >= 0.3 is 0 Å². The molecule has 1 amide bonds. The number of anilines is 1. The van der Waals surface area contributed by atoms with Gasteiger partial charge in [0.05, 0.1) is 11.9 Å². The minimum atomic E-state index is -0.0600. The summed E-state index contributed by atoms with van der Waals surface area (Å²) in [6.45, 7) is 4.17. The maximum Gasteiger partial charge on any atom is 0.274 e. The Balaban J connectivity index is 1.56. The number of thiophene rings is 1. The Bertz CT molecular complexity index is 571. The number of H-pyrrole nitrogens is 1. The van der Waals surface area contributed by atoms with Crippen LogP contribution in [-0.4, -0.2) is 52.1 Å². The molecule has 3 heterocycles. The molecule has 7 heteroatoms. The number of piperazine rings is 1. The van der Waals surface area contributed by atoms with Crippen molar-refractivity contribution in [3.63, 3.8) is 0 Å². The van der Waals surface area contributed by atoms with Crippen molar-refractivity contribution in [3.8, 4) is 0 Å². The molecule has 0 atom stereocenters. The lowest BCUT2D eigenvalue weighted by Crippen LogP contribution is -2.48. The van der Waals surface area contributed by atoms with E-state index in [1.165, 1.54) is 11.8 Å². The van der Waals surface area contributed by atoms with Gasteiger partial charge in [0.25, 0.3) is 5.91 Å². The number of carbonyl (C=O) groups excluding carboxylic acids is 1. The number of carbonyl (C=O) groups is 1. The van der Waals surface area contributed by atoms with E-state index in [1.807, 2.05) is 4.90 Å². The first-order valence-electron chi connectivity index (χ1n) is 6.55. The van der Waals surface area contributed by atoms with Crippen LogP contribution in [0.4, 0.5) is 5.69 Å². The molecule has 20 heavy (non-hydrogen) atoms. The van der Waals surface area contributed by atoms with E-state index in [1.54, 1.807) is 11.3 Å². The van der Waals surface area contributed by atoms with E-state index < -0.39 is 0 Å². The van der Waals surface area contributed by atoms with Crippen molar-refractivity contribution in [2.45, 2.75) is 6.54 Å². The standard InChI is InChI=1S/C13H17N5OS/c14-11-7-15-16-12(11)13(19)18-4-2-17(3-5-18)8-10-1-6-20-9-10/h1,6-7,9H,2-5,8,14H2,(H,15,16). The van der Waals surface area contributed by atoms with E-state index in [2.05, 4.69) is 31.9 Å². The van der Waals surface area contributed by atoms with Crippen molar-refractivity contribution in [1.29, 1.82) is 0 Å². The number of hydrogen-bond acceptors (Lipinski definition) is 5. The molecule has 1 saturated heterocycles. The second-order valence-electron chi connectivity index (χ2n) is 4.90. The van der Waals surface area contributed by atoms with Crippen LogP contribution in [0.3, 0.4) is 0 Å². The number of nitrogens with two attached hydrogens (primary N) is 1. The zero-order valence-electron chi connectivity index (χ0n) is 11.1. The van der Waals surface area contributed by atoms with Crippen molar-refractivity contribution < 1.29 is 4.79 Å². The van der Waals surface area contributed by atoms with Crippen molar-refractivity contribution in [3.05, 3.63) is 34.3 Å². The Labute approximate surface area is 121 Å². The molecule has 0 spiro atoms. The highest BCUT2D eigenvalue weighted by molar-refractivity contribution is 7.07. The molecule has 0 aliphatic carbocycles. The minimum absolute atomic E-state index is 0.0600. The molecular weight excluding hydrogens is 274 g/mol.